The minimum absolute atomic E-state index is 0.0531. The van der Waals surface area contributed by atoms with E-state index in [2.05, 4.69) is 10.1 Å². The van der Waals surface area contributed by atoms with Crippen LogP contribution in [0, 0.1) is 4.77 Å². The summed E-state index contributed by atoms with van der Waals surface area (Å²) in [7, 11) is 0. The molecule has 4 aromatic rings. The maximum absolute atomic E-state index is 12.4. The van der Waals surface area contributed by atoms with Crippen LogP contribution in [-0.4, -0.2) is 25.0 Å². The molecule has 0 aliphatic carbocycles. The molecule has 130 valence electrons. The number of benzene rings is 1. The summed E-state index contributed by atoms with van der Waals surface area (Å²) in [6.45, 7) is 0.0531. The second kappa shape index (κ2) is 7.32. The zero-order chi connectivity index (χ0) is 17.9. The van der Waals surface area contributed by atoms with Gasteiger partial charge < -0.3 is 0 Å². The van der Waals surface area contributed by atoms with E-state index in [1.807, 2.05) is 75.0 Å². The molecule has 0 radical (unpaired) electrons. The van der Waals surface area contributed by atoms with Crippen LogP contribution in [-0.2, 0) is 11.3 Å². The first-order chi connectivity index (χ1) is 12.7. The first kappa shape index (κ1) is 16.8. The molecule has 0 bridgehead atoms. The maximum atomic E-state index is 12.4. The fraction of sp³-hybridized carbons (Fsp3) is 0.0588. The molecule has 6 nitrogen and oxygen atoms in total. The van der Waals surface area contributed by atoms with Gasteiger partial charge in [0.1, 0.15) is 0 Å². The standard InChI is InChI=1S/C17H13N5OS3/c23-14(18-16-25-10-11-26-16)12-21-17(24)22(20-8-4-5-9-20)15(19-21)13-6-2-1-3-7-13/h1-11H,12H2/p+1. The van der Waals surface area contributed by atoms with E-state index in [1.165, 1.54) is 22.7 Å². The molecular weight excluding hydrogens is 386 g/mol. The van der Waals surface area contributed by atoms with Gasteiger partial charge in [-0.2, -0.15) is 4.99 Å². The monoisotopic (exact) mass is 400 g/mol. The Balaban J connectivity index is 1.78. The minimum atomic E-state index is -0.156. The molecule has 0 unspecified atom stereocenters. The Morgan fingerprint density at radius 1 is 1.08 bits per heavy atom. The Morgan fingerprint density at radius 3 is 2.46 bits per heavy atom. The predicted octanol–water partition coefficient (Wildman–Crippen LogP) is 1.53. The average Bonchev–Trinajstić information content (AvgIpc) is 3.39. The summed E-state index contributed by atoms with van der Waals surface area (Å²) in [6.07, 6.45) is 3.78. The van der Waals surface area contributed by atoms with Crippen LogP contribution in [0.3, 0.4) is 0 Å². The fourth-order valence-electron chi connectivity index (χ4n) is 2.49. The number of hydrogen-bond acceptors (Lipinski definition) is 5. The first-order valence-corrected chi connectivity index (χ1v) is 9.93. The van der Waals surface area contributed by atoms with E-state index in [0.717, 1.165) is 9.55 Å². The SMILES string of the molecule is O=C(Cn1nc(-c2ccccc2)n(-n2cccc2)c1=S)[NH+]=c1sccs1. The lowest BCUT2D eigenvalue weighted by atomic mass is 10.2. The summed E-state index contributed by atoms with van der Waals surface area (Å²) in [6, 6.07) is 13.6. The van der Waals surface area contributed by atoms with Crippen LogP contribution in [0.15, 0.2) is 65.6 Å². The number of rotatable bonds is 4. The number of amides is 1. The lowest BCUT2D eigenvalue weighted by Gasteiger charge is -2.07. The van der Waals surface area contributed by atoms with Gasteiger partial charge in [-0.3, -0.25) is 4.68 Å². The largest absolute Gasteiger partial charge is 0.408 e. The van der Waals surface area contributed by atoms with Crippen LogP contribution < -0.4 is 8.98 Å². The van der Waals surface area contributed by atoms with Crippen molar-refractivity contribution in [3.05, 3.63) is 74.4 Å². The zero-order valence-electron chi connectivity index (χ0n) is 13.5. The summed E-state index contributed by atoms with van der Waals surface area (Å²) >= 11 is 8.58. The Bertz CT molecular complexity index is 1130. The number of carbonyl (C=O) groups excluding carboxylic acids is 1. The van der Waals surface area contributed by atoms with Crippen molar-refractivity contribution in [2.24, 2.45) is 0 Å². The number of carbonyl (C=O) groups is 1. The molecular formula is C17H14N5OS3+. The van der Waals surface area contributed by atoms with Crippen LogP contribution in [0.2, 0.25) is 0 Å². The third kappa shape index (κ3) is 3.36. The zero-order valence-corrected chi connectivity index (χ0v) is 15.9. The molecule has 26 heavy (non-hydrogen) atoms. The van der Waals surface area contributed by atoms with Crippen LogP contribution in [0.1, 0.15) is 0 Å². The molecule has 4 rings (SSSR count). The van der Waals surface area contributed by atoms with E-state index in [-0.39, 0.29) is 12.5 Å². The summed E-state index contributed by atoms with van der Waals surface area (Å²) in [5, 5.41) is 8.47. The van der Waals surface area contributed by atoms with Crippen molar-refractivity contribution in [1.29, 1.82) is 0 Å². The van der Waals surface area contributed by atoms with Gasteiger partial charge in [0.25, 0.3) is 0 Å². The van der Waals surface area contributed by atoms with Crippen molar-refractivity contribution < 1.29 is 9.79 Å². The highest BCUT2D eigenvalue weighted by Gasteiger charge is 2.17. The lowest BCUT2D eigenvalue weighted by Crippen LogP contribution is -2.80. The normalized spacial score (nSPS) is 10.8. The van der Waals surface area contributed by atoms with Crippen molar-refractivity contribution in [2.75, 3.05) is 0 Å². The molecule has 0 spiro atoms. The van der Waals surface area contributed by atoms with Crippen molar-refractivity contribution in [3.8, 4) is 11.4 Å². The van der Waals surface area contributed by atoms with Crippen molar-refractivity contribution >= 4 is 40.8 Å². The second-order valence-electron chi connectivity index (χ2n) is 5.35. The molecule has 0 aliphatic rings. The van der Waals surface area contributed by atoms with Crippen LogP contribution in [0.5, 0.6) is 0 Å². The number of nitrogens with zero attached hydrogens (tertiary/aromatic N) is 4. The first-order valence-electron chi connectivity index (χ1n) is 7.76. The lowest BCUT2D eigenvalue weighted by molar-refractivity contribution is -0.412. The van der Waals surface area contributed by atoms with Crippen molar-refractivity contribution in [1.82, 2.24) is 19.1 Å². The van der Waals surface area contributed by atoms with Gasteiger partial charge in [0.05, 0.1) is 0 Å². The van der Waals surface area contributed by atoms with Gasteiger partial charge in [0.2, 0.25) is 4.77 Å². The van der Waals surface area contributed by atoms with Crippen molar-refractivity contribution in [3.63, 3.8) is 0 Å². The highest BCUT2D eigenvalue weighted by Crippen LogP contribution is 2.18. The number of nitrogens with one attached hydrogen (secondary N) is 1. The second-order valence-corrected chi connectivity index (χ2v) is 7.80. The molecule has 3 heterocycles. The van der Waals surface area contributed by atoms with E-state index >= 15 is 0 Å². The molecule has 1 amide bonds. The Morgan fingerprint density at radius 2 is 1.77 bits per heavy atom. The molecule has 0 fully saturated rings. The Labute approximate surface area is 161 Å². The van der Waals surface area contributed by atoms with Crippen LogP contribution >= 0.6 is 34.9 Å². The molecule has 0 aliphatic heterocycles. The summed E-state index contributed by atoms with van der Waals surface area (Å²) in [5.41, 5.74) is 0.923. The third-order valence-electron chi connectivity index (χ3n) is 3.61. The number of hydrogen-bond donors (Lipinski definition) is 1. The fourth-order valence-corrected chi connectivity index (χ4v) is 4.37. The summed E-state index contributed by atoms with van der Waals surface area (Å²) in [5.74, 6) is 0.523. The van der Waals surface area contributed by atoms with Gasteiger partial charge >= 0.3 is 9.89 Å². The Hall–Kier alpha value is -2.62. The molecule has 9 heteroatoms. The Kier molecular flexibility index (Phi) is 4.74. The maximum Gasteiger partial charge on any atom is 0.408 e. The van der Waals surface area contributed by atoms with Gasteiger partial charge in [-0.15, -0.1) is 5.10 Å². The average molecular weight is 401 g/mol. The smallest absolute Gasteiger partial charge is 0.260 e. The number of aromatic nitrogens is 4. The van der Waals surface area contributed by atoms with E-state index in [1.54, 1.807) is 4.68 Å². The van der Waals surface area contributed by atoms with E-state index in [9.17, 15) is 4.79 Å². The highest BCUT2D eigenvalue weighted by molar-refractivity contribution is 7.71. The molecule has 0 saturated carbocycles. The minimum Gasteiger partial charge on any atom is -0.260 e. The quantitative estimate of drug-likeness (QED) is 0.529. The van der Waals surface area contributed by atoms with Gasteiger partial charge in [0.15, 0.2) is 12.4 Å². The molecule has 0 saturated heterocycles. The summed E-state index contributed by atoms with van der Waals surface area (Å²) < 4.78 is 6.50. The molecule has 1 aromatic carbocycles. The van der Waals surface area contributed by atoms with Gasteiger partial charge in [-0.1, -0.05) is 53.0 Å². The van der Waals surface area contributed by atoms with Gasteiger partial charge in [-0.25, -0.2) is 14.2 Å². The molecule has 3 aromatic heterocycles. The predicted molar refractivity (Wildman–Crippen MR) is 103 cm³/mol. The van der Waals surface area contributed by atoms with E-state index in [0.29, 0.717) is 10.6 Å². The van der Waals surface area contributed by atoms with E-state index < -0.39 is 0 Å². The third-order valence-corrected chi connectivity index (χ3v) is 5.92. The summed E-state index contributed by atoms with van der Waals surface area (Å²) in [4.78, 5) is 15.2. The van der Waals surface area contributed by atoms with Gasteiger partial charge in [0, 0.05) is 28.7 Å². The highest BCUT2D eigenvalue weighted by atomic mass is 32.2. The van der Waals surface area contributed by atoms with Crippen LogP contribution in [0.4, 0.5) is 0 Å². The van der Waals surface area contributed by atoms with E-state index in [4.69, 9.17) is 12.2 Å². The molecule has 1 N–H and O–H groups in total. The topological polar surface area (TPSA) is 58.7 Å². The molecule has 0 atom stereocenters. The van der Waals surface area contributed by atoms with Crippen molar-refractivity contribution in [2.45, 2.75) is 6.54 Å². The van der Waals surface area contributed by atoms with Gasteiger partial charge in [-0.05, 0) is 24.4 Å². The van der Waals surface area contributed by atoms with Crippen LogP contribution in [0.25, 0.3) is 11.4 Å².